The van der Waals surface area contributed by atoms with Crippen LogP contribution >= 0.6 is 0 Å². The Kier molecular flexibility index (Phi) is 8.25. The average Bonchev–Trinajstić information content (AvgIpc) is 2.68. The summed E-state index contributed by atoms with van der Waals surface area (Å²) in [6, 6.07) is 15.1. The Bertz CT molecular complexity index is 818. The molecule has 0 saturated heterocycles. The lowest BCUT2D eigenvalue weighted by Gasteiger charge is -2.31. The molecule has 0 spiro atoms. The lowest BCUT2D eigenvalue weighted by molar-refractivity contribution is -0.143. The number of amides is 2. The molecule has 2 aromatic carbocycles. The Balaban J connectivity index is 2.21. The van der Waals surface area contributed by atoms with Gasteiger partial charge in [-0.2, -0.15) is 0 Å². The van der Waals surface area contributed by atoms with Gasteiger partial charge in [0, 0.05) is 12.6 Å². The van der Waals surface area contributed by atoms with E-state index in [2.05, 4.69) is 5.32 Å². The predicted octanol–water partition coefficient (Wildman–Crippen LogP) is 4.01. The Labute approximate surface area is 174 Å². The van der Waals surface area contributed by atoms with Gasteiger partial charge >= 0.3 is 0 Å². The van der Waals surface area contributed by atoms with Crippen molar-refractivity contribution in [3.63, 3.8) is 0 Å². The molecule has 0 radical (unpaired) electrons. The molecule has 0 aliphatic carbocycles. The number of aryl methyl sites for hydroxylation is 2. The van der Waals surface area contributed by atoms with Gasteiger partial charge in [-0.05, 0) is 56.9 Å². The van der Waals surface area contributed by atoms with Gasteiger partial charge in [-0.25, -0.2) is 0 Å². The summed E-state index contributed by atoms with van der Waals surface area (Å²) in [5, 5.41) is 2.93. The Morgan fingerprint density at radius 2 is 1.76 bits per heavy atom. The largest absolute Gasteiger partial charge is 0.483 e. The van der Waals surface area contributed by atoms with Crippen LogP contribution in [-0.4, -0.2) is 35.4 Å². The quantitative estimate of drug-likeness (QED) is 0.697. The van der Waals surface area contributed by atoms with E-state index >= 15 is 0 Å². The number of nitrogens with zero attached hydrogens (tertiary/aromatic N) is 1. The van der Waals surface area contributed by atoms with Crippen LogP contribution in [0, 0.1) is 13.8 Å². The molecule has 2 amide bonds. The fourth-order valence-corrected chi connectivity index (χ4v) is 3.17. The van der Waals surface area contributed by atoms with E-state index in [1.54, 1.807) is 4.90 Å². The molecule has 0 unspecified atom stereocenters. The Hall–Kier alpha value is -2.82. The van der Waals surface area contributed by atoms with E-state index in [4.69, 9.17) is 4.74 Å². The molecule has 5 nitrogen and oxygen atoms in total. The minimum absolute atomic E-state index is 0.0106. The van der Waals surface area contributed by atoms with Crippen molar-refractivity contribution in [2.45, 2.75) is 59.7 Å². The van der Waals surface area contributed by atoms with Gasteiger partial charge in [-0.1, -0.05) is 49.4 Å². The smallest absolute Gasteiger partial charge is 0.261 e. The molecular weight excluding hydrogens is 364 g/mol. The van der Waals surface area contributed by atoms with Crippen molar-refractivity contribution >= 4 is 11.8 Å². The number of carbonyl (C=O) groups is 2. The standard InChI is InChI=1S/C24H32N2O3/c1-6-21(24(28)25-17(2)3)26(15-20-10-8-7-9-11-20)23(27)16-29-22-14-18(4)12-13-19(22)5/h7-14,17,21H,6,15-16H2,1-5H3,(H,25,28)/t21-/m1/s1. The van der Waals surface area contributed by atoms with Crippen molar-refractivity contribution in [2.24, 2.45) is 0 Å². The van der Waals surface area contributed by atoms with E-state index in [9.17, 15) is 9.59 Å². The first kappa shape index (κ1) is 22.5. The molecule has 0 aromatic heterocycles. The number of nitrogens with one attached hydrogen (secondary N) is 1. The highest BCUT2D eigenvalue weighted by molar-refractivity contribution is 5.88. The van der Waals surface area contributed by atoms with Crippen LogP contribution in [0.3, 0.4) is 0 Å². The van der Waals surface area contributed by atoms with Crippen molar-refractivity contribution in [3.05, 3.63) is 65.2 Å². The normalized spacial score (nSPS) is 11.8. The molecular formula is C24H32N2O3. The maximum absolute atomic E-state index is 13.1. The van der Waals surface area contributed by atoms with E-state index < -0.39 is 6.04 Å². The van der Waals surface area contributed by atoms with Crippen molar-refractivity contribution in [1.82, 2.24) is 10.2 Å². The van der Waals surface area contributed by atoms with E-state index in [1.807, 2.05) is 83.1 Å². The van der Waals surface area contributed by atoms with Crippen LogP contribution in [0.25, 0.3) is 0 Å². The van der Waals surface area contributed by atoms with Crippen LogP contribution in [0.2, 0.25) is 0 Å². The van der Waals surface area contributed by atoms with Crippen molar-refractivity contribution in [3.8, 4) is 5.75 Å². The molecule has 0 aliphatic rings. The van der Waals surface area contributed by atoms with Gasteiger partial charge in [0.15, 0.2) is 6.61 Å². The SMILES string of the molecule is CC[C@H](C(=O)NC(C)C)N(Cc1ccccc1)C(=O)COc1cc(C)ccc1C. The highest BCUT2D eigenvalue weighted by atomic mass is 16.5. The van der Waals surface area contributed by atoms with Crippen molar-refractivity contribution in [1.29, 1.82) is 0 Å². The topological polar surface area (TPSA) is 58.6 Å². The van der Waals surface area contributed by atoms with Crippen LogP contribution in [0.5, 0.6) is 5.75 Å². The summed E-state index contributed by atoms with van der Waals surface area (Å²) in [4.78, 5) is 27.5. The van der Waals surface area contributed by atoms with Crippen LogP contribution in [0.15, 0.2) is 48.5 Å². The Morgan fingerprint density at radius 1 is 1.07 bits per heavy atom. The highest BCUT2D eigenvalue weighted by Crippen LogP contribution is 2.20. The third kappa shape index (κ3) is 6.63. The molecule has 0 fully saturated rings. The molecule has 0 heterocycles. The first-order chi connectivity index (χ1) is 13.8. The summed E-state index contributed by atoms with van der Waals surface area (Å²) >= 11 is 0. The molecule has 0 aliphatic heterocycles. The number of carbonyl (C=O) groups excluding carboxylic acids is 2. The van der Waals surface area contributed by atoms with Crippen LogP contribution < -0.4 is 10.1 Å². The minimum Gasteiger partial charge on any atom is -0.483 e. The van der Waals surface area contributed by atoms with E-state index in [-0.39, 0.29) is 24.5 Å². The molecule has 156 valence electrons. The second-order valence-electron chi connectivity index (χ2n) is 7.65. The van der Waals surface area contributed by atoms with E-state index in [1.165, 1.54) is 0 Å². The molecule has 5 heteroatoms. The average molecular weight is 397 g/mol. The fourth-order valence-electron chi connectivity index (χ4n) is 3.17. The third-order valence-corrected chi connectivity index (χ3v) is 4.71. The highest BCUT2D eigenvalue weighted by Gasteiger charge is 2.29. The maximum atomic E-state index is 13.1. The van der Waals surface area contributed by atoms with Crippen molar-refractivity contribution < 1.29 is 14.3 Å². The van der Waals surface area contributed by atoms with Gasteiger partial charge in [0.1, 0.15) is 11.8 Å². The number of rotatable bonds is 9. The molecule has 1 N–H and O–H groups in total. The minimum atomic E-state index is -0.549. The lowest BCUT2D eigenvalue weighted by atomic mass is 10.1. The Morgan fingerprint density at radius 3 is 2.38 bits per heavy atom. The summed E-state index contributed by atoms with van der Waals surface area (Å²) in [7, 11) is 0. The molecule has 0 saturated carbocycles. The predicted molar refractivity (Wildman–Crippen MR) is 116 cm³/mol. The van der Waals surface area contributed by atoms with Crippen LogP contribution in [0.1, 0.15) is 43.9 Å². The lowest BCUT2D eigenvalue weighted by Crippen LogP contribution is -2.51. The summed E-state index contributed by atoms with van der Waals surface area (Å²) in [5.74, 6) is 0.344. The first-order valence-electron chi connectivity index (χ1n) is 10.2. The number of hydrogen-bond acceptors (Lipinski definition) is 3. The van der Waals surface area contributed by atoms with E-state index in [0.29, 0.717) is 18.7 Å². The maximum Gasteiger partial charge on any atom is 0.261 e. The first-order valence-corrected chi connectivity index (χ1v) is 10.2. The fraction of sp³-hybridized carbons (Fsp3) is 0.417. The monoisotopic (exact) mass is 396 g/mol. The summed E-state index contributed by atoms with van der Waals surface area (Å²) < 4.78 is 5.83. The molecule has 29 heavy (non-hydrogen) atoms. The zero-order chi connectivity index (χ0) is 21.4. The number of hydrogen-bond donors (Lipinski definition) is 1. The summed E-state index contributed by atoms with van der Waals surface area (Å²) in [6.45, 7) is 9.93. The zero-order valence-electron chi connectivity index (χ0n) is 18.1. The van der Waals surface area contributed by atoms with E-state index in [0.717, 1.165) is 16.7 Å². The second kappa shape index (κ2) is 10.6. The molecule has 2 rings (SSSR count). The van der Waals surface area contributed by atoms with Crippen molar-refractivity contribution in [2.75, 3.05) is 6.61 Å². The van der Waals surface area contributed by atoms with Gasteiger partial charge in [0.05, 0.1) is 0 Å². The van der Waals surface area contributed by atoms with Gasteiger partial charge < -0.3 is 15.0 Å². The van der Waals surface area contributed by atoms with Gasteiger partial charge in [0.25, 0.3) is 5.91 Å². The summed E-state index contributed by atoms with van der Waals surface area (Å²) in [5.41, 5.74) is 3.02. The second-order valence-corrected chi connectivity index (χ2v) is 7.65. The zero-order valence-corrected chi connectivity index (χ0v) is 18.1. The van der Waals surface area contributed by atoms with Gasteiger partial charge in [0.2, 0.25) is 5.91 Å². The number of benzene rings is 2. The van der Waals surface area contributed by atoms with Gasteiger partial charge in [-0.15, -0.1) is 0 Å². The third-order valence-electron chi connectivity index (χ3n) is 4.71. The van der Waals surface area contributed by atoms with Crippen LogP contribution in [-0.2, 0) is 16.1 Å². The summed E-state index contributed by atoms with van der Waals surface area (Å²) in [6.07, 6.45) is 0.528. The molecule has 1 atom stereocenters. The molecule has 0 bridgehead atoms. The van der Waals surface area contributed by atoms with Crippen LogP contribution in [0.4, 0.5) is 0 Å². The molecule has 2 aromatic rings. The number of ether oxygens (including phenoxy) is 1. The van der Waals surface area contributed by atoms with Gasteiger partial charge in [-0.3, -0.25) is 9.59 Å².